The molecule has 6 nitrogen and oxygen atoms in total. The molecule has 1 saturated heterocycles. The van der Waals surface area contributed by atoms with E-state index < -0.39 is 11.6 Å². The SMILES string of the molecule is CCC(C)N(Cc1nc(C(=O)N2CCOCC2)co1)Cc1ccc(F)cc1F. The number of amides is 1. The van der Waals surface area contributed by atoms with E-state index in [0.717, 1.165) is 12.5 Å². The first-order chi connectivity index (χ1) is 13.5. The standard InChI is InChI=1S/C20H25F2N3O3/c1-3-14(2)25(11-15-4-5-16(21)10-17(15)22)12-19-23-18(13-28-19)20(26)24-6-8-27-9-7-24/h4-5,10,13-14H,3,6-9,11-12H2,1-2H3. The highest BCUT2D eigenvalue weighted by Crippen LogP contribution is 2.18. The third-order valence-electron chi connectivity index (χ3n) is 5.01. The summed E-state index contributed by atoms with van der Waals surface area (Å²) < 4.78 is 38.0. The molecule has 1 aliphatic heterocycles. The van der Waals surface area contributed by atoms with Crippen LogP contribution in [0.25, 0.3) is 0 Å². The summed E-state index contributed by atoms with van der Waals surface area (Å²) in [4.78, 5) is 20.5. The number of hydrogen-bond acceptors (Lipinski definition) is 5. The number of halogens is 2. The second-order valence-electron chi connectivity index (χ2n) is 6.93. The summed E-state index contributed by atoms with van der Waals surface area (Å²) in [5.74, 6) is -0.975. The molecule has 1 aromatic heterocycles. The summed E-state index contributed by atoms with van der Waals surface area (Å²) >= 11 is 0. The molecule has 1 aliphatic rings. The molecule has 1 unspecified atom stereocenters. The summed E-state index contributed by atoms with van der Waals surface area (Å²) in [7, 11) is 0. The number of aromatic nitrogens is 1. The van der Waals surface area contributed by atoms with E-state index in [4.69, 9.17) is 9.15 Å². The smallest absolute Gasteiger partial charge is 0.275 e. The zero-order valence-corrected chi connectivity index (χ0v) is 16.2. The second-order valence-corrected chi connectivity index (χ2v) is 6.93. The number of carbonyl (C=O) groups is 1. The van der Waals surface area contributed by atoms with Crippen LogP contribution in [0.5, 0.6) is 0 Å². The lowest BCUT2D eigenvalue weighted by Gasteiger charge is -2.27. The number of rotatable bonds is 7. The van der Waals surface area contributed by atoms with Crippen LogP contribution in [0.1, 0.15) is 42.2 Å². The van der Waals surface area contributed by atoms with Gasteiger partial charge in [0.15, 0.2) is 5.69 Å². The number of hydrogen-bond donors (Lipinski definition) is 0. The Kier molecular flexibility index (Phi) is 6.74. The second kappa shape index (κ2) is 9.25. The molecule has 0 saturated carbocycles. The molecule has 1 atom stereocenters. The number of oxazole rings is 1. The van der Waals surface area contributed by atoms with Crippen molar-refractivity contribution in [1.82, 2.24) is 14.8 Å². The van der Waals surface area contributed by atoms with E-state index in [1.165, 1.54) is 18.4 Å². The van der Waals surface area contributed by atoms with Crippen molar-refractivity contribution in [2.75, 3.05) is 26.3 Å². The van der Waals surface area contributed by atoms with Gasteiger partial charge in [0.25, 0.3) is 5.91 Å². The Labute approximate surface area is 163 Å². The van der Waals surface area contributed by atoms with Gasteiger partial charge < -0.3 is 14.1 Å². The van der Waals surface area contributed by atoms with E-state index in [1.807, 2.05) is 18.7 Å². The van der Waals surface area contributed by atoms with Crippen LogP contribution in [0.4, 0.5) is 8.78 Å². The van der Waals surface area contributed by atoms with Crippen molar-refractivity contribution < 1.29 is 22.7 Å². The number of ether oxygens (including phenoxy) is 1. The zero-order chi connectivity index (χ0) is 20.1. The third-order valence-corrected chi connectivity index (χ3v) is 5.01. The van der Waals surface area contributed by atoms with E-state index in [9.17, 15) is 13.6 Å². The van der Waals surface area contributed by atoms with Crippen molar-refractivity contribution in [2.24, 2.45) is 0 Å². The molecule has 0 radical (unpaired) electrons. The lowest BCUT2D eigenvalue weighted by atomic mass is 10.1. The van der Waals surface area contributed by atoms with Crippen LogP contribution >= 0.6 is 0 Å². The fraction of sp³-hybridized carbons (Fsp3) is 0.500. The van der Waals surface area contributed by atoms with Crippen LogP contribution in [-0.2, 0) is 17.8 Å². The molecular formula is C20H25F2N3O3. The Morgan fingerprint density at radius 2 is 2.04 bits per heavy atom. The van der Waals surface area contributed by atoms with Crippen LogP contribution in [0.2, 0.25) is 0 Å². The van der Waals surface area contributed by atoms with Crippen LogP contribution in [-0.4, -0.2) is 53.0 Å². The maximum Gasteiger partial charge on any atom is 0.275 e. The molecule has 2 aromatic rings. The largest absolute Gasteiger partial charge is 0.447 e. The van der Waals surface area contributed by atoms with E-state index in [2.05, 4.69) is 4.98 Å². The van der Waals surface area contributed by atoms with Crippen LogP contribution in [0.15, 0.2) is 28.9 Å². The molecule has 28 heavy (non-hydrogen) atoms. The molecule has 3 rings (SSSR count). The third kappa shape index (κ3) is 4.94. The lowest BCUT2D eigenvalue weighted by molar-refractivity contribution is 0.0299. The topological polar surface area (TPSA) is 58.8 Å². The molecule has 0 N–H and O–H groups in total. The van der Waals surface area contributed by atoms with Gasteiger partial charge in [-0.3, -0.25) is 9.69 Å². The molecule has 0 aliphatic carbocycles. The van der Waals surface area contributed by atoms with Crippen LogP contribution < -0.4 is 0 Å². The van der Waals surface area contributed by atoms with Gasteiger partial charge in [-0.25, -0.2) is 13.8 Å². The normalized spacial score (nSPS) is 15.8. The zero-order valence-electron chi connectivity index (χ0n) is 16.2. The van der Waals surface area contributed by atoms with Gasteiger partial charge in [0.2, 0.25) is 5.89 Å². The summed E-state index contributed by atoms with van der Waals surface area (Å²) in [5, 5.41) is 0. The highest BCUT2D eigenvalue weighted by molar-refractivity contribution is 5.92. The minimum atomic E-state index is -0.602. The molecular weight excluding hydrogens is 368 g/mol. The van der Waals surface area contributed by atoms with Gasteiger partial charge >= 0.3 is 0 Å². The van der Waals surface area contributed by atoms with Gasteiger partial charge in [-0.15, -0.1) is 0 Å². The Morgan fingerprint density at radius 1 is 1.29 bits per heavy atom. The highest BCUT2D eigenvalue weighted by atomic mass is 19.1. The lowest BCUT2D eigenvalue weighted by Crippen LogP contribution is -2.40. The van der Waals surface area contributed by atoms with Gasteiger partial charge in [-0.2, -0.15) is 0 Å². The maximum atomic E-state index is 14.1. The fourth-order valence-corrected chi connectivity index (χ4v) is 3.08. The Hall–Kier alpha value is -2.32. The summed E-state index contributed by atoms with van der Waals surface area (Å²) in [6, 6.07) is 3.70. The molecule has 1 aromatic carbocycles. The first-order valence-electron chi connectivity index (χ1n) is 9.47. The Bertz CT molecular complexity index is 806. The summed E-state index contributed by atoms with van der Waals surface area (Å²) in [6.07, 6.45) is 2.20. The highest BCUT2D eigenvalue weighted by Gasteiger charge is 2.23. The van der Waals surface area contributed by atoms with Gasteiger partial charge in [0.1, 0.15) is 17.9 Å². The minimum absolute atomic E-state index is 0.120. The summed E-state index contributed by atoms with van der Waals surface area (Å²) in [5.41, 5.74) is 0.659. The fourth-order valence-electron chi connectivity index (χ4n) is 3.08. The van der Waals surface area contributed by atoms with Gasteiger partial charge in [0.05, 0.1) is 19.8 Å². The van der Waals surface area contributed by atoms with E-state index in [1.54, 1.807) is 4.90 Å². The average Bonchev–Trinajstić information content (AvgIpc) is 3.17. The monoisotopic (exact) mass is 393 g/mol. The van der Waals surface area contributed by atoms with E-state index in [-0.39, 0.29) is 24.2 Å². The number of carbonyl (C=O) groups excluding carboxylic acids is 1. The maximum absolute atomic E-state index is 14.1. The molecule has 152 valence electrons. The van der Waals surface area contributed by atoms with Crippen molar-refractivity contribution in [2.45, 2.75) is 39.4 Å². The van der Waals surface area contributed by atoms with Gasteiger partial charge in [-0.05, 0) is 19.4 Å². The van der Waals surface area contributed by atoms with E-state index in [0.29, 0.717) is 44.3 Å². The molecule has 0 bridgehead atoms. The molecule has 8 heteroatoms. The average molecular weight is 393 g/mol. The Balaban J connectivity index is 1.71. The van der Waals surface area contributed by atoms with Gasteiger partial charge in [0, 0.05) is 37.3 Å². The van der Waals surface area contributed by atoms with E-state index >= 15 is 0 Å². The minimum Gasteiger partial charge on any atom is -0.447 e. The van der Waals surface area contributed by atoms with Crippen molar-refractivity contribution in [3.05, 3.63) is 53.2 Å². The molecule has 0 spiro atoms. The number of benzene rings is 1. The quantitative estimate of drug-likeness (QED) is 0.723. The molecule has 2 heterocycles. The predicted molar refractivity (Wildman–Crippen MR) is 98.6 cm³/mol. The van der Waals surface area contributed by atoms with Crippen LogP contribution in [0, 0.1) is 11.6 Å². The first kappa shape index (κ1) is 20.4. The van der Waals surface area contributed by atoms with Gasteiger partial charge in [-0.1, -0.05) is 13.0 Å². The predicted octanol–water partition coefficient (Wildman–Crippen LogP) is 3.23. The molecule has 1 fully saturated rings. The van der Waals surface area contributed by atoms with Crippen molar-refractivity contribution >= 4 is 5.91 Å². The molecule has 1 amide bonds. The Morgan fingerprint density at radius 3 is 2.71 bits per heavy atom. The number of morpholine rings is 1. The summed E-state index contributed by atoms with van der Waals surface area (Å²) in [6.45, 7) is 6.75. The van der Waals surface area contributed by atoms with Crippen LogP contribution in [0.3, 0.4) is 0 Å². The first-order valence-corrected chi connectivity index (χ1v) is 9.47. The van der Waals surface area contributed by atoms with Crippen molar-refractivity contribution in [3.63, 3.8) is 0 Å². The number of nitrogens with zero attached hydrogens (tertiary/aromatic N) is 3. The van der Waals surface area contributed by atoms with Crippen molar-refractivity contribution in [1.29, 1.82) is 0 Å². The van der Waals surface area contributed by atoms with Crippen molar-refractivity contribution in [3.8, 4) is 0 Å².